The highest BCUT2D eigenvalue weighted by Gasteiger charge is 2.20. The summed E-state index contributed by atoms with van der Waals surface area (Å²) in [5.74, 6) is -1.09. The van der Waals surface area contributed by atoms with Gasteiger partial charge in [0.05, 0.1) is 18.4 Å². The van der Waals surface area contributed by atoms with E-state index in [4.69, 9.17) is 16.7 Å². The Morgan fingerprint density at radius 2 is 1.94 bits per heavy atom. The fraction of sp³-hybridized carbons (Fsp3) is 0.364. The highest BCUT2D eigenvalue weighted by atomic mass is 35.5. The van der Waals surface area contributed by atoms with E-state index in [9.17, 15) is 15.0 Å². The molecule has 1 aromatic rings. The molecule has 2 atom stereocenters. The summed E-state index contributed by atoms with van der Waals surface area (Å²) in [5, 5.41) is 27.9. The molecule has 1 rings (SSSR count). The van der Waals surface area contributed by atoms with E-state index in [1.807, 2.05) is 0 Å². The third kappa shape index (κ3) is 3.20. The second kappa shape index (κ2) is 5.84. The fourth-order valence-electron chi connectivity index (χ4n) is 1.44. The Morgan fingerprint density at radius 3 is 2.50 bits per heavy atom. The maximum Gasteiger partial charge on any atom is 0.307 e. The van der Waals surface area contributed by atoms with Crippen molar-refractivity contribution in [3.05, 3.63) is 35.4 Å². The average Bonchev–Trinajstić information content (AvgIpc) is 2.27. The van der Waals surface area contributed by atoms with Crippen LogP contribution >= 0.6 is 11.6 Å². The number of alkyl halides is 1. The largest absolute Gasteiger partial charge is 0.481 e. The number of carbonyl (C=O) groups is 1. The highest BCUT2D eigenvalue weighted by molar-refractivity contribution is 6.18. The quantitative estimate of drug-likeness (QED) is 0.674. The molecule has 88 valence electrons. The SMILES string of the molecule is O=C(O)Cc1ccccc1C(O)C(O)CCl. The number of carboxylic acids is 1. The molecule has 0 aromatic heterocycles. The van der Waals surface area contributed by atoms with E-state index in [-0.39, 0.29) is 12.3 Å². The molecule has 0 fully saturated rings. The van der Waals surface area contributed by atoms with Crippen LogP contribution in [0.4, 0.5) is 0 Å². The van der Waals surface area contributed by atoms with Gasteiger partial charge in [-0.3, -0.25) is 4.79 Å². The third-order valence-electron chi connectivity index (χ3n) is 2.24. The minimum absolute atomic E-state index is 0.109. The molecule has 4 nitrogen and oxygen atoms in total. The van der Waals surface area contributed by atoms with Crippen LogP contribution in [0, 0.1) is 0 Å². The van der Waals surface area contributed by atoms with Crippen molar-refractivity contribution in [3.63, 3.8) is 0 Å². The van der Waals surface area contributed by atoms with Crippen molar-refractivity contribution < 1.29 is 20.1 Å². The number of aliphatic hydroxyl groups excluding tert-OH is 2. The molecule has 0 spiro atoms. The van der Waals surface area contributed by atoms with Crippen molar-refractivity contribution in [1.29, 1.82) is 0 Å². The van der Waals surface area contributed by atoms with Gasteiger partial charge in [-0.15, -0.1) is 11.6 Å². The zero-order valence-corrected chi connectivity index (χ0v) is 9.26. The second-order valence-corrected chi connectivity index (χ2v) is 3.74. The van der Waals surface area contributed by atoms with Crippen molar-refractivity contribution >= 4 is 17.6 Å². The summed E-state index contributed by atoms with van der Waals surface area (Å²) in [4.78, 5) is 10.6. The van der Waals surface area contributed by atoms with Crippen LogP contribution in [0.5, 0.6) is 0 Å². The van der Waals surface area contributed by atoms with Crippen LogP contribution in [0.15, 0.2) is 24.3 Å². The predicted octanol–water partition coefficient (Wildman–Crippen LogP) is 0.947. The molecule has 2 unspecified atom stereocenters. The van der Waals surface area contributed by atoms with Gasteiger partial charge in [0.25, 0.3) is 0 Å². The van der Waals surface area contributed by atoms with Crippen LogP contribution in [0.25, 0.3) is 0 Å². The molecule has 5 heteroatoms. The maximum absolute atomic E-state index is 10.6. The van der Waals surface area contributed by atoms with Gasteiger partial charge in [-0.1, -0.05) is 24.3 Å². The first-order valence-corrected chi connectivity index (χ1v) is 5.31. The van der Waals surface area contributed by atoms with Crippen LogP contribution < -0.4 is 0 Å². The van der Waals surface area contributed by atoms with Gasteiger partial charge in [0, 0.05) is 0 Å². The minimum Gasteiger partial charge on any atom is -0.481 e. The number of aliphatic carboxylic acids is 1. The first kappa shape index (κ1) is 13.0. The van der Waals surface area contributed by atoms with Gasteiger partial charge >= 0.3 is 5.97 Å². The fourth-order valence-corrected chi connectivity index (χ4v) is 1.61. The topological polar surface area (TPSA) is 77.8 Å². The van der Waals surface area contributed by atoms with Gasteiger partial charge < -0.3 is 15.3 Å². The number of hydrogen-bond donors (Lipinski definition) is 3. The molecule has 0 aliphatic rings. The lowest BCUT2D eigenvalue weighted by Crippen LogP contribution is -2.21. The van der Waals surface area contributed by atoms with Gasteiger partial charge in [0.2, 0.25) is 0 Å². The zero-order valence-electron chi connectivity index (χ0n) is 8.51. The molecule has 0 bridgehead atoms. The van der Waals surface area contributed by atoms with Crippen LogP contribution in [0.1, 0.15) is 17.2 Å². The number of carboxylic acid groups (broad SMARTS) is 1. The summed E-state index contributed by atoms with van der Waals surface area (Å²) in [7, 11) is 0. The monoisotopic (exact) mass is 244 g/mol. The molecular formula is C11H13ClO4. The van der Waals surface area contributed by atoms with Crippen molar-refractivity contribution in [2.24, 2.45) is 0 Å². The zero-order chi connectivity index (χ0) is 12.1. The molecule has 0 amide bonds. The molecule has 0 saturated carbocycles. The van der Waals surface area contributed by atoms with Crippen LogP contribution in [0.3, 0.4) is 0 Å². The molecule has 0 heterocycles. The van der Waals surface area contributed by atoms with Crippen LogP contribution in [-0.4, -0.2) is 33.3 Å². The molecule has 0 aliphatic heterocycles. The van der Waals surface area contributed by atoms with Crippen molar-refractivity contribution in [3.8, 4) is 0 Å². The lowest BCUT2D eigenvalue weighted by molar-refractivity contribution is -0.136. The van der Waals surface area contributed by atoms with Gasteiger partial charge in [-0.25, -0.2) is 0 Å². The standard InChI is InChI=1S/C11H13ClO4/c12-6-9(13)11(16)8-4-2-1-3-7(8)5-10(14)15/h1-4,9,11,13,16H,5-6H2,(H,14,15). The lowest BCUT2D eigenvalue weighted by atomic mass is 9.97. The average molecular weight is 245 g/mol. The molecule has 0 saturated heterocycles. The number of halogens is 1. The van der Waals surface area contributed by atoms with Crippen molar-refractivity contribution in [2.75, 3.05) is 5.88 Å². The smallest absolute Gasteiger partial charge is 0.307 e. The second-order valence-electron chi connectivity index (χ2n) is 3.44. The number of rotatable bonds is 5. The van der Waals surface area contributed by atoms with Gasteiger partial charge in [0.15, 0.2) is 0 Å². The van der Waals surface area contributed by atoms with Crippen LogP contribution in [-0.2, 0) is 11.2 Å². The number of aliphatic hydroxyl groups is 2. The summed E-state index contributed by atoms with van der Waals surface area (Å²) in [6.07, 6.45) is -2.45. The lowest BCUT2D eigenvalue weighted by Gasteiger charge is -2.18. The third-order valence-corrected chi connectivity index (χ3v) is 2.55. The minimum atomic E-state index is -1.16. The molecule has 1 aromatic carbocycles. The van der Waals surface area contributed by atoms with Crippen LogP contribution in [0.2, 0.25) is 0 Å². The Labute approximate surface area is 98.1 Å². The van der Waals surface area contributed by atoms with E-state index >= 15 is 0 Å². The Kier molecular flexibility index (Phi) is 4.73. The summed E-state index contributed by atoms with van der Waals surface area (Å²) in [6, 6.07) is 6.54. The first-order chi connectivity index (χ1) is 7.56. The number of hydrogen-bond acceptors (Lipinski definition) is 3. The van der Waals surface area contributed by atoms with E-state index < -0.39 is 18.2 Å². The molecule has 0 radical (unpaired) electrons. The van der Waals surface area contributed by atoms with E-state index in [0.717, 1.165) is 0 Å². The Morgan fingerprint density at radius 1 is 1.31 bits per heavy atom. The summed E-state index contributed by atoms with van der Waals surface area (Å²) in [5.41, 5.74) is 0.879. The molecule has 16 heavy (non-hydrogen) atoms. The summed E-state index contributed by atoms with van der Waals surface area (Å²) < 4.78 is 0. The van der Waals surface area contributed by atoms with Crippen molar-refractivity contribution in [2.45, 2.75) is 18.6 Å². The van der Waals surface area contributed by atoms with E-state index in [0.29, 0.717) is 11.1 Å². The van der Waals surface area contributed by atoms with Gasteiger partial charge in [-0.2, -0.15) is 0 Å². The molecule has 3 N–H and O–H groups in total. The summed E-state index contributed by atoms with van der Waals surface area (Å²) in [6.45, 7) is 0. The van der Waals surface area contributed by atoms with Gasteiger partial charge in [0.1, 0.15) is 6.10 Å². The maximum atomic E-state index is 10.6. The van der Waals surface area contributed by atoms with E-state index in [1.165, 1.54) is 0 Å². The normalized spacial score (nSPS) is 14.4. The Hall–Kier alpha value is -1.10. The Bertz CT molecular complexity index is 367. The van der Waals surface area contributed by atoms with Gasteiger partial charge in [-0.05, 0) is 11.1 Å². The molecular weight excluding hydrogens is 232 g/mol. The van der Waals surface area contributed by atoms with E-state index in [2.05, 4.69) is 0 Å². The molecule has 0 aliphatic carbocycles. The number of benzene rings is 1. The predicted molar refractivity (Wildman–Crippen MR) is 59.5 cm³/mol. The van der Waals surface area contributed by atoms with Crippen molar-refractivity contribution in [1.82, 2.24) is 0 Å². The van der Waals surface area contributed by atoms with E-state index in [1.54, 1.807) is 24.3 Å². The summed E-state index contributed by atoms with van der Waals surface area (Å²) >= 11 is 5.43. The Balaban J connectivity index is 2.98. The highest BCUT2D eigenvalue weighted by Crippen LogP contribution is 2.22. The first-order valence-electron chi connectivity index (χ1n) is 4.78.